The summed E-state index contributed by atoms with van der Waals surface area (Å²) in [7, 11) is 0. The molecule has 178 valence electrons. The second-order valence-corrected chi connectivity index (χ2v) is 10.3. The minimum atomic E-state index is -1.13. The van der Waals surface area contributed by atoms with Gasteiger partial charge in [0.15, 0.2) is 6.29 Å². The van der Waals surface area contributed by atoms with Crippen LogP contribution in [0.5, 0.6) is 0 Å². The minimum absolute atomic E-state index is 0.268. The third-order valence-electron chi connectivity index (χ3n) is 7.09. The van der Waals surface area contributed by atoms with Crippen LogP contribution in [0.3, 0.4) is 0 Å². The summed E-state index contributed by atoms with van der Waals surface area (Å²) >= 11 is 0. The van der Waals surface area contributed by atoms with E-state index in [9.17, 15) is 19.5 Å². The second kappa shape index (κ2) is 10.3. The van der Waals surface area contributed by atoms with Crippen LogP contribution in [-0.4, -0.2) is 41.5 Å². The Morgan fingerprint density at radius 1 is 1.06 bits per heavy atom. The number of hydrogen-bond donors (Lipinski definition) is 1. The molecule has 2 bridgehead atoms. The molecule has 1 N–H and O–H groups in total. The van der Waals surface area contributed by atoms with Gasteiger partial charge >= 0.3 is 17.9 Å². The highest BCUT2D eigenvalue weighted by atomic mass is 16.7. The van der Waals surface area contributed by atoms with Crippen LogP contribution in [0, 0.1) is 41.4 Å². The molecule has 2 aliphatic rings. The van der Waals surface area contributed by atoms with E-state index >= 15 is 0 Å². The van der Waals surface area contributed by atoms with E-state index in [1.54, 1.807) is 34.6 Å². The predicted molar refractivity (Wildman–Crippen MR) is 115 cm³/mol. The number of ether oxygens (including phenoxy) is 3. The lowest BCUT2D eigenvalue weighted by Gasteiger charge is -2.35. The minimum Gasteiger partial charge on any atom is -0.481 e. The second-order valence-electron chi connectivity index (χ2n) is 10.3. The largest absolute Gasteiger partial charge is 0.481 e. The average Bonchev–Trinajstić information content (AvgIpc) is 3.22. The fourth-order valence-electron chi connectivity index (χ4n) is 5.55. The molecule has 2 aliphatic carbocycles. The Labute approximate surface area is 186 Å². The summed E-state index contributed by atoms with van der Waals surface area (Å²) in [5.74, 6) is -3.60. The zero-order valence-corrected chi connectivity index (χ0v) is 20.1. The monoisotopic (exact) mass is 440 g/mol. The number of carboxylic acids is 1. The quantitative estimate of drug-likeness (QED) is 0.400. The number of aliphatic carboxylic acids is 1. The van der Waals surface area contributed by atoms with Crippen LogP contribution in [0.1, 0.15) is 74.1 Å². The van der Waals surface area contributed by atoms with Gasteiger partial charge in [-0.1, -0.05) is 13.8 Å². The first kappa shape index (κ1) is 25.6. The standard InChI is InChI=1S/C24H40O7/c1-8-29-15(4)30-22(27)19(12-18-13(2)16-9-10-17(18)11-16)20(14(3)21(25)26)23(28)31-24(5,6)7/h13-20H,8-12H2,1-7H3,(H,25,26). The summed E-state index contributed by atoms with van der Waals surface area (Å²) in [6.45, 7) is 12.7. The Balaban J connectivity index is 2.36. The lowest BCUT2D eigenvalue weighted by Crippen LogP contribution is -2.44. The van der Waals surface area contributed by atoms with Crippen molar-refractivity contribution >= 4 is 17.9 Å². The van der Waals surface area contributed by atoms with E-state index in [4.69, 9.17) is 14.2 Å². The third kappa shape index (κ3) is 6.43. The molecule has 0 saturated heterocycles. The maximum Gasteiger partial charge on any atom is 0.312 e. The van der Waals surface area contributed by atoms with Crippen LogP contribution < -0.4 is 0 Å². The predicted octanol–water partition coefficient (Wildman–Crippen LogP) is 4.28. The molecule has 0 aromatic carbocycles. The highest BCUT2D eigenvalue weighted by Crippen LogP contribution is 2.54. The molecule has 31 heavy (non-hydrogen) atoms. The molecule has 0 heterocycles. The lowest BCUT2D eigenvalue weighted by molar-refractivity contribution is -0.189. The number of fused-ring (bicyclic) bond motifs is 2. The lowest BCUT2D eigenvalue weighted by atomic mass is 9.71. The smallest absolute Gasteiger partial charge is 0.312 e. The molecule has 2 saturated carbocycles. The fraction of sp³-hybridized carbons (Fsp3) is 0.875. The maximum atomic E-state index is 13.3. The molecule has 8 unspecified atom stereocenters. The molecule has 0 aromatic rings. The van der Waals surface area contributed by atoms with Gasteiger partial charge in [-0.25, -0.2) is 0 Å². The van der Waals surface area contributed by atoms with E-state index in [-0.39, 0.29) is 5.92 Å². The normalized spacial score (nSPS) is 29.1. The van der Waals surface area contributed by atoms with Gasteiger partial charge < -0.3 is 19.3 Å². The van der Waals surface area contributed by atoms with Gasteiger partial charge in [-0.3, -0.25) is 14.4 Å². The molecule has 0 radical (unpaired) electrons. The van der Waals surface area contributed by atoms with E-state index in [2.05, 4.69) is 6.92 Å². The van der Waals surface area contributed by atoms with Crippen molar-refractivity contribution in [1.29, 1.82) is 0 Å². The highest BCUT2D eigenvalue weighted by molar-refractivity contribution is 5.86. The summed E-state index contributed by atoms with van der Waals surface area (Å²) in [5.41, 5.74) is -0.791. The van der Waals surface area contributed by atoms with Gasteiger partial charge in [-0.2, -0.15) is 0 Å². The first-order valence-corrected chi connectivity index (χ1v) is 11.6. The van der Waals surface area contributed by atoms with Crippen molar-refractivity contribution in [2.24, 2.45) is 41.4 Å². The number of esters is 2. The Kier molecular flexibility index (Phi) is 8.54. The molecular formula is C24H40O7. The van der Waals surface area contributed by atoms with Gasteiger partial charge in [-0.15, -0.1) is 0 Å². The first-order valence-electron chi connectivity index (χ1n) is 11.6. The van der Waals surface area contributed by atoms with E-state index < -0.39 is 47.6 Å². The van der Waals surface area contributed by atoms with Crippen molar-refractivity contribution in [2.75, 3.05) is 6.61 Å². The topological polar surface area (TPSA) is 99.1 Å². The molecular weight excluding hydrogens is 400 g/mol. The summed E-state index contributed by atoms with van der Waals surface area (Å²) in [4.78, 5) is 38.3. The third-order valence-corrected chi connectivity index (χ3v) is 7.09. The summed E-state index contributed by atoms with van der Waals surface area (Å²) in [5, 5.41) is 9.73. The van der Waals surface area contributed by atoms with E-state index in [1.165, 1.54) is 13.3 Å². The van der Waals surface area contributed by atoms with Crippen molar-refractivity contribution in [3.63, 3.8) is 0 Å². The molecule has 0 aromatic heterocycles. The molecule has 8 atom stereocenters. The van der Waals surface area contributed by atoms with Gasteiger partial charge in [0.2, 0.25) is 0 Å². The fourth-order valence-corrected chi connectivity index (χ4v) is 5.55. The van der Waals surface area contributed by atoms with Crippen LogP contribution in [-0.2, 0) is 28.6 Å². The molecule has 7 nitrogen and oxygen atoms in total. The van der Waals surface area contributed by atoms with Crippen molar-refractivity contribution in [2.45, 2.75) is 86.0 Å². The molecule has 2 rings (SSSR count). The van der Waals surface area contributed by atoms with Crippen molar-refractivity contribution in [3.05, 3.63) is 0 Å². The van der Waals surface area contributed by atoms with Gasteiger partial charge in [0.05, 0.1) is 17.8 Å². The van der Waals surface area contributed by atoms with Crippen LogP contribution in [0.15, 0.2) is 0 Å². The number of hydrogen-bond acceptors (Lipinski definition) is 6. The summed E-state index contributed by atoms with van der Waals surface area (Å²) in [6.07, 6.45) is 3.15. The van der Waals surface area contributed by atoms with Crippen molar-refractivity contribution in [1.82, 2.24) is 0 Å². The van der Waals surface area contributed by atoms with Crippen molar-refractivity contribution in [3.8, 4) is 0 Å². The van der Waals surface area contributed by atoms with E-state index in [0.29, 0.717) is 30.8 Å². The van der Waals surface area contributed by atoms with Gasteiger partial charge in [-0.05, 0) is 84.0 Å². The Bertz CT molecular complexity index is 651. The number of carbonyl (C=O) groups is 3. The van der Waals surface area contributed by atoms with Crippen LogP contribution in [0.4, 0.5) is 0 Å². The molecule has 7 heteroatoms. The Morgan fingerprint density at radius 2 is 1.68 bits per heavy atom. The molecule has 0 aliphatic heterocycles. The van der Waals surface area contributed by atoms with Crippen LogP contribution in [0.25, 0.3) is 0 Å². The number of carbonyl (C=O) groups excluding carboxylic acids is 2. The molecule has 2 fully saturated rings. The van der Waals surface area contributed by atoms with Crippen LogP contribution in [0.2, 0.25) is 0 Å². The SMILES string of the molecule is CCOC(C)OC(=O)C(CC1C2CCC(C2)C1C)C(C(=O)OC(C)(C)C)C(C)C(=O)O. The first-order chi connectivity index (χ1) is 14.4. The Morgan fingerprint density at radius 3 is 2.16 bits per heavy atom. The van der Waals surface area contributed by atoms with E-state index in [0.717, 1.165) is 12.8 Å². The number of rotatable bonds is 10. The summed E-state index contributed by atoms with van der Waals surface area (Å²) in [6, 6.07) is 0. The molecule has 0 spiro atoms. The Hall–Kier alpha value is -1.63. The van der Waals surface area contributed by atoms with E-state index in [1.807, 2.05) is 0 Å². The maximum absolute atomic E-state index is 13.3. The highest BCUT2D eigenvalue weighted by Gasteiger charge is 2.50. The zero-order chi connectivity index (χ0) is 23.5. The number of carboxylic acid groups (broad SMARTS) is 1. The summed E-state index contributed by atoms with van der Waals surface area (Å²) < 4.78 is 16.4. The van der Waals surface area contributed by atoms with Gasteiger partial charge in [0, 0.05) is 6.61 Å². The van der Waals surface area contributed by atoms with Gasteiger partial charge in [0.1, 0.15) is 5.60 Å². The zero-order valence-electron chi connectivity index (χ0n) is 20.1. The average molecular weight is 441 g/mol. The van der Waals surface area contributed by atoms with Crippen molar-refractivity contribution < 1.29 is 33.7 Å². The molecule has 0 amide bonds. The van der Waals surface area contributed by atoms with Gasteiger partial charge in [0.25, 0.3) is 0 Å². The van der Waals surface area contributed by atoms with Crippen LogP contribution >= 0.6 is 0 Å².